The Morgan fingerprint density at radius 3 is 2.67 bits per heavy atom. The third-order valence-corrected chi connectivity index (χ3v) is 2.94. The first kappa shape index (κ1) is 15.4. The maximum atomic E-state index is 12.2. The molecule has 0 aliphatic carbocycles. The summed E-state index contributed by atoms with van der Waals surface area (Å²) in [5.41, 5.74) is -0.334. The van der Waals surface area contributed by atoms with Gasteiger partial charge in [-0.2, -0.15) is 0 Å². The quantitative estimate of drug-likeness (QED) is 0.787. The van der Waals surface area contributed by atoms with Crippen molar-refractivity contribution in [3.8, 4) is 5.75 Å². The summed E-state index contributed by atoms with van der Waals surface area (Å²) in [6.45, 7) is 4.96. The molecule has 1 aromatic carbocycles. The van der Waals surface area contributed by atoms with Crippen molar-refractivity contribution >= 4 is 29.4 Å². The zero-order chi connectivity index (χ0) is 15.8. The fourth-order valence-electron chi connectivity index (χ4n) is 1.87. The zero-order valence-electron chi connectivity index (χ0n) is 11.9. The number of benzene rings is 1. The number of carboxylic acid groups (broad SMARTS) is 1. The summed E-state index contributed by atoms with van der Waals surface area (Å²) < 4.78 is 10.6. The molecule has 0 N–H and O–H groups in total. The summed E-state index contributed by atoms with van der Waals surface area (Å²) in [5.74, 6) is -1.16. The van der Waals surface area contributed by atoms with E-state index >= 15 is 0 Å². The molecule has 7 heteroatoms. The maximum absolute atomic E-state index is 12.2. The van der Waals surface area contributed by atoms with Crippen LogP contribution in [0.3, 0.4) is 0 Å². The summed E-state index contributed by atoms with van der Waals surface area (Å²) in [4.78, 5) is 24.5. The highest BCUT2D eigenvalue weighted by Crippen LogP contribution is 2.36. The maximum Gasteiger partial charge on any atom is 0.415 e. The molecule has 1 aromatic rings. The van der Waals surface area contributed by atoms with Crippen molar-refractivity contribution in [2.45, 2.75) is 32.5 Å². The Morgan fingerprint density at radius 2 is 2.10 bits per heavy atom. The van der Waals surface area contributed by atoms with Crippen LogP contribution in [0, 0.1) is 0 Å². The molecule has 0 saturated heterocycles. The highest BCUT2D eigenvalue weighted by molar-refractivity contribution is 6.31. The molecule has 21 heavy (non-hydrogen) atoms. The molecule has 0 fully saturated rings. The van der Waals surface area contributed by atoms with Crippen LogP contribution in [0.4, 0.5) is 10.5 Å². The standard InChI is InChI=1S/C14H16ClNO5/c1-14(2,3)21-13(19)16-7-11(12(17)18)20-10-5-4-8(15)6-9(10)16/h4-6,11H,7H2,1-3H3,(H,17,18)/p-1. The molecular weight excluding hydrogens is 298 g/mol. The lowest BCUT2D eigenvalue weighted by Crippen LogP contribution is -2.52. The summed E-state index contributed by atoms with van der Waals surface area (Å²) in [6, 6.07) is 4.57. The molecule has 0 saturated carbocycles. The Balaban J connectivity index is 2.37. The number of carboxylic acids is 1. The van der Waals surface area contributed by atoms with Gasteiger partial charge in [0.25, 0.3) is 0 Å². The van der Waals surface area contributed by atoms with Crippen molar-refractivity contribution < 1.29 is 24.2 Å². The van der Waals surface area contributed by atoms with Crippen molar-refractivity contribution in [1.29, 1.82) is 0 Å². The number of nitrogens with zero attached hydrogens (tertiary/aromatic N) is 1. The number of hydrogen-bond acceptors (Lipinski definition) is 5. The van der Waals surface area contributed by atoms with Crippen LogP contribution in [-0.2, 0) is 9.53 Å². The molecule has 1 amide bonds. The SMILES string of the molecule is CC(C)(C)OC(=O)N1CC(C(=O)[O-])Oc2ccc(Cl)cc21. The van der Waals surface area contributed by atoms with E-state index in [0.29, 0.717) is 10.7 Å². The van der Waals surface area contributed by atoms with E-state index in [-0.39, 0.29) is 12.3 Å². The van der Waals surface area contributed by atoms with Gasteiger partial charge < -0.3 is 19.4 Å². The van der Waals surface area contributed by atoms with E-state index < -0.39 is 23.8 Å². The smallest absolute Gasteiger partial charge is 0.415 e. The summed E-state index contributed by atoms with van der Waals surface area (Å²) in [5, 5.41) is 11.4. The molecule has 6 nitrogen and oxygen atoms in total. The van der Waals surface area contributed by atoms with Gasteiger partial charge in [-0.1, -0.05) is 11.6 Å². The van der Waals surface area contributed by atoms with Crippen LogP contribution in [0.15, 0.2) is 18.2 Å². The van der Waals surface area contributed by atoms with Gasteiger partial charge in [0.2, 0.25) is 0 Å². The lowest BCUT2D eigenvalue weighted by Gasteiger charge is -2.36. The van der Waals surface area contributed by atoms with Gasteiger partial charge >= 0.3 is 6.09 Å². The molecule has 1 unspecified atom stereocenters. The van der Waals surface area contributed by atoms with Crippen LogP contribution in [-0.4, -0.2) is 30.3 Å². The summed E-state index contributed by atoms with van der Waals surface area (Å²) >= 11 is 5.92. The number of rotatable bonds is 1. The van der Waals surface area contributed by atoms with Crippen LogP contribution in [0.5, 0.6) is 5.75 Å². The number of hydrogen-bond donors (Lipinski definition) is 0. The highest BCUT2D eigenvalue weighted by Gasteiger charge is 2.33. The minimum atomic E-state index is -1.40. The largest absolute Gasteiger partial charge is 0.546 e. The number of aliphatic carboxylic acids is 1. The number of carbonyl (C=O) groups is 2. The van der Waals surface area contributed by atoms with Crippen LogP contribution in [0.25, 0.3) is 0 Å². The second-order valence-electron chi connectivity index (χ2n) is 5.63. The fraction of sp³-hybridized carbons (Fsp3) is 0.429. The van der Waals surface area contributed by atoms with Gasteiger partial charge in [0.15, 0.2) is 6.10 Å². The molecule has 1 aliphatic rings. The van der Waals surface area contributed by atoms with E-state index in [4.69, 9.17) is 21.1 Å². The van der Waals surface area contributed by atoms with Crippen molar-refractivity contribution in [3.63, 3.8) is 0 Å². The first-order valence-corrected chi connectivity index (χ1v) is 6.73. The molecule has 0 bridgehead atoms. The Labute approximate surface area is 127 Å². The van der Waals surface area contributed by atoms with Gasteiger partial charge in [0.1, 0.15) is 11.4 Å². The molecule has 2 rings (SSSR count). The highest BCUT2D eigenvalue weighted by atomic mass is 35.5. The zero-order valence-corrected chi connectivity index (χ0v) is 12.6. The van der Waals surface area contributed by atoms with Crippen LogP contribution in [0.2, 0.25) is 5.02 Å². The Kier molecular flexibility index (Phi) is 4.00. The Hall–Kier alpha value is -1.95. The normalized spacial score (nSPS) is 17.7. The Bertz CT molecular complexity index is 581. The molecule has 114 valence electrons. The van der Waals surface area contributed by atoms with Gasteiger partial charge in [0, 0.05) is 5.02 Å². The van der Waals surface area contributed by atoms with Crippen molar-refractivity contribution in [2.24, 2.45) is 0 Å². The molecule has 0 spiro atoms. The van der Waals surface area contributed by atoms with E-state index in [9.17, 15) is 14.7 Å². The van der Waals surface area contributed by atoms with Gasteiger partial charge in [-0.25, -0.2) is 4.79 Å². The lowest BCUT2D eigenvalue weighted by molar-refractivity contribution is -0.313. The number of fused-ring (bicyclic) bond motifs is 1. The van der Waals surface area contributed by atoms with E-state index in [1.54, 1.807) is 26.8 Å². The lowest BCUT2D eigenvalue weighted by atomic mass is 10.2. The number of ether oxygens (including phenoxy) is 2. The average molecular weight is 313 g/mol. The minimum absolute atomic E-state index is 0.204. The molecule has 1 heterocycles. The summed E-state index contributed by atoms with van der Waals surface area (Å²) in [6.07, 6.45) is -1.92. The predicted molar refractivity (Wildman–Crippen MR) is 74.5 cm³/mol. The molecular formula is C14H15ClNO5-. The van der Waals surface area contributed by atoms with Crippen LogP contribution >= 0.6 is 11.6 Å². The van der Waals surface area contributed by atoms with E-state index in [1.165, 1.54) is 17.0 Å². The third kappa shape index (κ3) is 3.58. The first-order chi connectivity index (χ1) is 9.67. The average Bonchev–Trinajstić information content (AvgIpc) is 2.35. The van der Waals surface area contributed by atoms with Gasteiger partial charge in [0.05, 0.1) is 18.2 Å². The topological polar surface area (TPSA) is 78.9 Å². The van der Waals surface area contributed by atoms with Gasteiger partial charge in [-0.3, -0.25) is 4.90 Å². The van der Waals surface area contributed by atoms with E-state index in [0.717, 1.165) is 0 Å². The monoisotopic (exact) mass is 312 g/mol. The van der Waals surface area contributed by atoms with E-state index in [1.807, 2.05) is 0 Å². The van der Waals surface area contributed by atoms with Crippen LogP contribution in [0.1, 0.15) is 20.8 Å². The molecule has 0 aromatic heterocycles. The minimum Gasteiger partial charge on any atom is -0.546 e. The van der Waals surface area contributed by atoms with Crippen molar-refractivity contribution in [2.75, 3.05) is 11.4 Å². The number of carbonyl (C=O) groups excluding carboxylic acids is 2. The second-order valence-corrected chi connectivity index (χ2v) is 6.06. The van der Waals surface area contributed by atoms with E-state index in [2.05, 4.69) is 0 Å². The Morgan fingerprint density at radius 1 is 1.43 bits per heavy atom. The third-order valence-electron chi connectivity index (χ3n) is 2.71. The van der Waals surface area contributed by atoms with Crippen molar-refractivity contribution in [1.82, 2.24) is 0 Å². The number of halogens is 1. The molecule has 0 radical (unpaired) electrons. The first-order valence-electron chi connectivity index (χ1n) is 6.35. The second kappa shape index (κ2) is 5.44. The van der Waals surface area contributed by atoms with Crippen molar-refractivity contribution in [3.05, 3.63) is 23.2 Å². The molecule has 1 aliphatic heterocycles. The number of anilines is 1. The predicted octanol–water partition coefficient (Wildman–Crippen LogP) is 1.59. The molecule has 1 atom stereocenters. The van der Waals surface area contributed by atoms with Gasteiger partial charge in [-0.05, 0) is 39.0 Å². The fourth-order valence-corrected chi connectivity index (χ4v) is 2.03. The number of amides is 1. The summed E-state index contributed by atoms with van der Waals surface area (Å²) in [7, 11) is 0. The van der Waals surface area contributed by atoms with Gasteiger partial charge in [-0.15, -0.1) is 0 Å². The van der Waals surface area contributed by atoms with Crippen LogP contribution < -0.4 is 14.7 Å².